The molecule has 1 aromatic rings. The van der Waals surface area contributed by atoms with Gasteiger partial charge in [0, 0.05) is 5.56 Å². The number of aliphatic carboxylic acids is 1. The Labute approximate surface area is 134 Å². The number of carboxylic acid groups (broad SMARTS) is 1. The molecule has 1 amide bonds. The Morgan fingerprint density at radius 1 is 1.26 bits per heavy atom. The molecular formula is C14H20N2O6S. The molecule has 0 radical (unpaired) electrons. The quantitative estimate of drug-likeness (QED) is 0.660. The van der Waals surface area contributed by atoms with Crippen molar-refractivity contribution in [1.82, 2.24) is 10.0 Å². The van der Waals surface area contributed by atoms with Crippen LogP contribution in [0, 0.1) is 5.92 Å². The van der Waals surface area contributed by atoms with Crippen LogP contribution in [0.25, 0.3) is 0 Å². The molecule has 1 unspecified atom stereocenters. The SMILES string of the molecule is CNS(=O)(=O)c1cc(C(=O)NC(C(=O)O)C(C)C)ccc1OC. The van der Waals surface area contributed by atoms with Gasteiger partial charge in [0.2, 0.25) is 10.0 Å². The molecule has 1 aromatic carbocycles. The second kappa shape index (κ2) is 7.42. The third-order valence-electron chi connectivity index (χ3n) is 3.20. The van der Waals surface area contributed by atoms with Crippen LogP contribution in [-0.4, -0.2) is 45.6 Å². The molecule has 0 aromatic heterocycles. The third kappa shape index (κ3) is 4.42. The van der Waals surface area contributed by atoms with Crippen molar-refractivity contribution in [2.24, 2.45) is 5.92 Å². The van der Waals surface area contributed by atoms with Crippen molar-refractivity contribution < 1.29 is 27.9 Å². The van der Waals surface area contributed by atoms with E-state index in [0.717, 1.165) is 6.07 Å². The number of hydrogen-bond donors (Lipinski definition) is 3. The number of carbonyl (C=O) groups is 2. The van der Waals surface area contributed by atoms with Gasteiger partial charge in [0.25, 0.3) is 5.91 Å². The molecular weight excluding hydrogens is 324 g/mol. The van der Waals surface area contributed by atoms with Crippen molar-refractivity contribution in [3.8, 4) is 5.75 Å². The number of rotatable bonds is 7. The van der Waals surface area contributed by atoms with Crippen molar-refractivity contribution in [2.45, 2.75) is 24.8 Å². The van der Waals surface area contributed by atoms with E-state index in [1.165, 1.54) is 26.3 Å². The second-order valence-corrected chi connectivity index (χ2v) is 6.96. The molecule has 1 rings (SSSR count). The topological polar surface area (TPSA) is 122 Å². The maximum atomic E-state index is 12.2. The van der Waals surface area contributed by atoms with Crippen molar-refractivity contribution in [3.63, 3.8) is 0 Å². The molecule has 0 fully saturated rings. The van der Waals surface area contributed by atoms with E-state index in [9.17, 15) is 18.0 Å². The third-order valence-corrected chi connectivity index (χ3v) is 4.64. The highest BCUT2D eigenvalue weighted by Gasteiger charge is 2.25. The Balaban J connectivity index is 3.22. The molecule has 128 valence electrons. The van der Waals surface area contributed by atoms with Gasteiger partial charge in [-0.25, -0.2) is 17.9 Å². The Morgan fingerprint density at radius 2 is 1.87 bits per heavy atom. The molecule has 0 spiro atoms. The molecule has 0 heterocycles. The van der Waals surface area contributed by atoms with Crippen molar-refractivity contribution >= 4 is 21.9 Å². The Morgan fingerprint density at radius 3 is 2.30 bits per heavy atom. The van der Waals surface area contributed by atoms with Crippen LogP contribution in [0.4, 0.5) is 0 Å². The second-order valence-electron chi connectivity index (χ2n) is 5.11. The maximum absolute atomic E-state index is 12.2. The van der Waals surface area contributed by atoms with Gasteiger partial charge < -0.3 is 15.2 Å². The first kappa shape index (κ1) is 18.9. The Kier molecular flexibility index (Phi) is 6.11. The molecule has 23 heavy (non-hydrogen) atoms. The summed E-state index contributed by atoms with van der Waals surface area (Å²) < 4.78 is 31.1. The molecule has 0 bridgehead atoms. The fourth-order valence-electron chi connectivity index (χ4n) is 1.88. The first-order valence-corrected chi connectivity index (χ1v) is 8.27. The molecule has 3 N–H and O–H groups in total. The number of ether oxygens (including phenoxy) is 1. The Bertz CT molecular complexity index is 699. The average molecular weight is 344 g/mol. The van der Waals surface area contributed by atoms with Crippen LogP contribution in [0.2, 0.25) is 0 Å². The number of amides is 1. The summed E-state index contributed by atoms with van der Waals surface area (Å²) in [4.78, 5) is 23.1. The molecule has 0 saturated carbocycles. The van der Waals surface area contributed by atoms with E-state index < -0.39 is 27.9 Å². The van der Waals surface area contributed by atoms with Crippen LogP contribution in [0.3, 0.4) is 0 Å². The molecule has 0 saturated heterocycles. The van der Waals surface area contributed by atoms with Crippen LogP contribution in [0.15, 0.2) is 23.1 Å². The van der Waals surface area contributed by atoms with Gasteiger partial charge in [-0.15, -0.1) is 0 Å². The molecule has 9 heteroatoms. The van der Waals surface area contributed by atoms with E-state index >= 15 is 0 Å². The summed E-state index contributed by atoms with van der Waals surface area (Å²) in [5, 5.41) is 11.5. The normalized spacial score (nSPS) is 12.7. The average Bonchev–Trinajstić information content (AvgIpc) is 2.50. The zero-order chi connectivity index (χ0) is 17.8. The largest absolute Gasteiger partial charge is 0.495 e. The lowest BCUT2D eigenvalue weighted by Gasteiger charge is -2.18. The zero-order valence-corrected chi connectivity index (χ0v) is 14.1. The van der Waals surface area contributed by atoms with Gasteiger partial charge in [-0.2, -0.15) is 0 Å². The van der Waals surface area contributed by atoms with Gasteiger partial charge in [-0.1, -0.05) is 13.8 Å². The van der Waals surface area contributed by atoms with E-state index in [-0.39, 0.29) is 22.1 Å². The smallest absolute Gasteiger partial charge is 0.326 e. The number of carbonyl (C=O) groups excluding carboxylic acids is 1. The minimum Gasteiger partial charge on any atom is -0.495 e. The highest BCUT2D eigenvalue weighted by atomic mass is 32.2. The van der Waals surface area contributed by atoms with Gasteiger partial charge in [-0.05, 0) is 31.2 Å². The van der Waals surface area contributed by atoms with Gasteiger partial charge >= 0.3 is 5.97 Å². The molecule has 1 atom stereocenters. The first-order valence-electron chi connectivity index (χ1n) is 6.79. The maximum Gasteiger partial charge on any atom is 0.326 e. The summed E-state index contributed by atoms with van der Waals surface area (Å²) in [5.74, 6) is -2.09. The molecule has 0 aliphatic heterocycles. The minimum atomic E-state index is -3.83. The Hall–Kier alpha value is -2.13. The lowest BCUT2D eigenvalue weighted by atomic mass is 10.0. The van der Waals surface area contributed by atoms with E-state index in [1.54, 1.807) is 13.8 Å². The lowest BCUT2D eigenvalue weighted by molar-refractivity contribution is -0.140. The first-order chi connectivity index (χ1) is 10.6. The van der Waals surface area contributed by atoms with E-state index in [1.807, 2.05) is 0 Å². The highest BCUT2D eigenvalue weighted by Crippen LogP contribution is 2.24. The van der Waals surface area contributed by atoms with Gasteiger partial charge in [0.15, 0.2) is 0 Å². The summed E-state index contributed by atoms with van der Waals surface area (Å²) in [6, 6.07) is 2.76. The lowest BCUT2D eigenvalue weighted by Crippen LogP contribution is -2.44. The summed E-state index contributed by atoms with van der Waals surface area (Å²) in [5.41, 5.74) is 0.0199. The fraction of sp³-hybridized carbons (Fsp3) is 0.429. The van der Waals surface area contributed by atoms with E-state index in [2.05, 4.69) is 10.0 Å². The predicted molar refractivity (Wildman–Crippen MR) is 83.0 cm³/mol. The van der Waals surface area contributed by atoms with Gasteiger partial charge in [0.05, 0.1) is 7.11 Å². The zero-order valence-electron chi connectivity index (χ0n) is 13.3. The summed E-state index contributed by atoms with van der Waals surface area (Å²) in [7, 11) is -1.28. The van der Waals surface area contributed by atoms with Crippen LogP contribution in [0.1, 0.15) is 24.2 Å². The van der Waals surface area contributed by atoms with Crippen LogP contribution in [-0.2, 0) is 14.8 Å². The number of hydrogen-bond acceptors (Lipinski definition) is 5. The number of methoxy groups -OCH3 is 1. The summed E-state index contributed by atoms with van der Waals surface area (Å²) >= 11 is 0. The van der Waals surface area contributed by atoms with Gasteiger partial charge in [0.1, 0.15) is 16.7 Å². The predicted octanol–water partition coefficient (Wildman–Crippen LogP) is 0.442. The summed E-state index contributed by atoms with van der Waals surface area (Å²) in [6.45, 7) is 3.31. The number of nitrogens with one attached hydrogen (secondary N) is 2. The highest BCUT2D eigenvalue weighted by molar-refractivity contribution is 7.89. The van der Waals surface area contributed by atoms with Crippen molar-refractivity contribution in [1.29, 1.82) is 0 Å². The molecule has 8 nitrogen and oxygen atoms in total. The van der Waals surface area contributed by atoms with Crippen molar-refractivity contribution in [2.75, 3.05) is 14.2 Å². The molecule has 0 aliphatic carbocycles. The van der Waals surface area contributed by atoms with Crippen molar-refractivity contribution in [3.05, 3.63) is 23.8 Å². The summed E-state index contributed by atoms with van der Waals surface area (Å²) in [6.07, 6.45) is 0. The van der Waals surface area contributed by atoms with Gasteiger partial charge in [-0.3, -0.25) is 4.79 Å². The number of benzene rings is 1. The monoisotopic (exact) mass is 344 g/mol. The van der Waals surface area contributed by atoms with E-state index in [0.29, 0.717) is 0 Å². The van der Waals surface area contributed by atoms with Crippen LogP contribution >= 0.6 is 0 Å². The van der Waals surface area contributed by atoms with Crippen LogP contribution < -0.4 is 14.8 Å². The number of carboxylic acids is 1. The fourth-order valence-corrected chi connectivity index (χ4v) is 2.79. The number of sulfonamides is 1. The van der Waals surface area contributed by atoms with E-state index in [4.69, 9.17) is 9.84 Å². The standard InChI is InChI=1S/C14H20N2O6S/c1-8(2)12(14(18)19)16-13(17)9-5-6-10(22-4)11(7-9)23(20,21)15-3/h5-8,12,15H,1-4H3,(H,16,17)(H,18,19). The minimum absolute atomic E-state index is 0.0199. The molecule has 0 aliphatic rings. The van der Waals surface area contributed by atoms with Crippen LogP contribution in [0.5, 0.6) is 5.75 Å².